The van der Waals surface area contributed by atoms with Gasteiger partial charge in [-0.2, -0.15) is 0 Å². The van der Waals surface area contributed by atoms with Crippen molar-refractivity contribution in [3.63, 3.8) is 0 Å². The maximum absolute atomic E-state index is 12.8. The van der Waals surface area contributed by atoms with Crippen LogP contribution in [0.1, 0.15) is 6.42 Å². The van der Waals surface area contributed by atoms with Crippen LogP contribution in [0.2, 0.25) is 0 Å². The summed E-state index contributed by atoms with van der Waals surface area (Å²) in [5.41, 5.74) is 0. The molecule has 0 N–H and O–H groups in total. The van der Waals surface area contributed by atoms with E-state index in [9.17, 15) is 13.6 Å². The number of halogens is 2. The standard InChI is InChI=1S/C11H13F2NOS/c1-14(2)11(15)5-6-16-8-3-4-9(12)10(13)7-8/h3-4,7H,5-6H2,1-2H3. The first-order valence-electron chi connectivity index (χ1n) is 4.78. The van der Waals surface area contributed by atoms with Crippen molar-refractivity contribution < 1.29 is 13.6 Å². The van der Waals surface area contributed by atoms with E-state index in [2.05, 4.69) is 0 Å². The number of amides is 1. The molecular formula is C11H13F2NOS. The number of nitrogens with zero attached hydrogens (tertiary/aromatic N) is 1. The van der Waals surface area contributed by atoms with Gasteiger partial charge in [-0.15, -0.1) is 11.8 Å². The third-order valence-electron chi connectivity index (χ3n) is 1.97. The van der Waals surface area contributed by atoms with Gasteiger partial charge in [0.25, 0.3) is 0 Å². The fourth-order valence-electron chi connectivity index (χ4n) is 1.05. The van der Waals surface area contributed by atoms with E-state index >= 15 is 0 Å². The zero-order chi connectivity index (χ0) is 12.1. The monoisotopic (exact) mass is 245 g/mol. The lowest BCUT2D eigenvalue weighted by Crippen LogP contribution is -2.21. The van der Waals surface area contributed by atoms with Gasteiger partial charge in [0.2, 0.25) is 5.91 Å². The fraction of sp³-hybridized carbons (Fsp3) is 0.364. The van der Waals surface area contributed by atoms with Crippen molar-refractivity contribution in [2.75, 3.05) is 19.8 Å². The number of benzene rings is 1. The molecular weight excluding hydrogens is 232 g/mol. The Morgan fingerprint density at radius 3 is 2.56 bits per heavy atom. The lowest BCUT2D eigenvalue weighted by atomic mass is 10.3. The van der Waals surface area contributed by atoms with Crippen LogP contribution < -0.4 is 0 Å². The molecule has 0 atom stereocenters. The summed E-state index contributed by atoms with van der Waals surface area (Å²) in [4.78, 5) is 13.4. The molecule has 88 valence electrons. The van der Waals surface area contributed by atoms with Crippen LogP contribution in [0.25, 0.3) is 0 Å². The SMILES string of the molecule is CN(C)C(=O)CCSc1ccc(F)c(F)c1. The summed E-state index contributed by atoms with van der Waals surface area (Å²) in [6.45, 7) is 0. The van der Waals surface area contributed by atoms with Crippen LogP contribution in [0.15, 0.2) is 23.1 Å². The minimum Gasteiger partial charge on any atom is -0.349 e. The second-order valence-corrected chi connectivity index (χ2v) is 4.63. The number of thioether (sulfide) groups is 1. The Morgan fingerprint density at radius 1 is 1.31 bits per heavy atom. The molecule has 0 heterocycles. The molecule has 0 radical (unpaired) electrons. The van der Waals surface area contributed by atoms with Crippen LogP contribution in [0.5, 0.6) is 0 Å². The molecule has 0 unspecified atom stereocenters. The van der Waals surface area contributed by atoms with Crippen molar-refractivity contribution >= 4 is 17.7 Å². The van der Waals surface area contributed by atoms with Gasteiger partial charge in [0.15, 0.2) is 11.6 Å². The third-order valence-corrected chi connectivity index (χ3v) is 2.97. The van der Waals surface area contributed by atoms with Gasteiger partial charge >= 0.3 is 0 Å². The topological polar surface area (TPSA) is 20.3 Å². The highest BCUT2D eigenvalue weighted by Gasteiger charge is 2.06. The summed E-state index contributed by atoms with van der Waals surface area (Å²) in [5, 5.41) is 0. The molecule has 0 bridgehead atoms. The van der Waals surface area contributed by atoms with Gasteiger partial charge in [-0.1, -0.05) is 0 Å². The van der Waals surface area contributed by atoms with Gasteiger partial charge in [-0.05, 0) is 18.2 Å². The van der Waals surface area contributed by atoms with Crippen LogP contribution >= 0.6 is 11.8 Å². The van der Waals surface area contributed by atoms with E-state index in [4.69, 9.17) is 0 Å². The maximum atomic E-state index is 12.8. The van der Waals surface area contributed by atoms with Crippen LogP contribution in [-0.2, 0) is 4.79 Å². The van der Waals surface area contributed by atoms with E-state index < -0.39 is 11.6 Å². The van der Waals surface area contributed by atoms with E-state index in [1.54, 1.807) is 14.1 Å². The Labute approximate surface area is 97.6 Å². The zero-order valence-corrected chi connectivity index (χ0v) is 9.98. The predicted molar refractivity (Wildman–Crippen MR) is 60.4 cm³/mol. The van der Waals surface area contributed by atoms with E-state index in [1.165, 1.54) is 22.7 Å². The quantitative estimate of drug-likeness (QED) is 0.760. The van der Waals surface area contributed by atoms with Crippen molar-refractivity contribution in [1.82, 2.24) is 4.90 Å². The van der Waals surface area contributed by atoms with E-state index in [-0.39, 0.29) is 5.91 Å². The average Bonchev–Trinajstić information content (AvgIpc) is 2.23. The molecule has 16 heavy (non-hydrogen) atoms. The Morgan fingerprint density at radius 2 is 2.00 bits per heavy atom. The second kappa shape index (κ2) is 5.84. The molecule has 0 saturated carbocycles. The van der Waals surface area contributed by atoms with Crippen LogP contribution in [0.4, 0.5) is 8.78 Å². The molecule has 0 aliphatic carbocycles. The first kappa shape index (κ1) is 13.0. The minimum atomic E-state index is -0.857. The molecule has 0 aliphatic rings. The Kier molecular flexibility index (Phi) is 4.73. The molecule has 0 aromatic heterocycles. The van der Waals surface area contributed by atoms with Crippen molar-refractivity contribution in [3.8, 4) is 0 Å². The summed E-state index contributed by atoms with van der Waals surface area (Å²) in [5.74, 6) is -1.13. The first-order valence-corrected chi connectivity index (χ1v) is 5.77. The van der Waals surface area contributed by atoms with Crippen LogP contribution in [0, 0.1) is 11.6 Å². The molecule has 0 saturated heterocycles. The Balaban J connectivity index is 2.43. The lowest BCUT2D eigenvalue weighted by Gasteiger charge is -2.09. The molecule has 0 aliphatic heterocycles. The third kappa shape index (κ3) is 3.81. The van der Waals surface area contributed by atoms with Crippen molar-refractivity contribution in [2.45, 2.75) is 11.3 Å². The van der Waals surface area contributed by atoms with E-state index in [1.807, 2.05) is 0 Å². The van der Waals surface area contributed by atoms with Crippen molar-refractivity contribution in [3.05, 3.63) is 29.8 Å². The lowest BCUT2D eigenvalue weighted by molar-refractivity contribution is -0.128. The van der Waals surface area contributed by atoms with Crippen LogP contribution in [-0.4, -0.2) is 30.7 Å². The summed E-state index contributed by atoms with van der Waals surface area (Å²) in [6.07, 6.45) is 0.386. The molecule has 5 heteroatoms. The van der Waals surface area contributed by atoms with Gasteiger partial charge in [0, 0.05) is 31.2 Å². The van der Waals surface area contributed by atoms with Gasteiger partial charge in [-0.25, -0.2) is 8.78 Å². The molecule has 2 nitrogen and oxygen atoms in total. The molecule has 0 spiro atoms. The van der Waals surface area contributed by atoms with Gasteiger partial charge in [0.1, 0.15) is 0 Å². The van der Waals surface area contributed by atoms with Crippen LogP contribution in [0.3, 0.4) is 0 Å². The maximum Gasteiger partial charge on any atom is 0.222 e. The number of carbonyl (C=O) groups is 1. The summed E-state index contributed by atoms with van der Waals surface area (Å²) in [6, 6.07) is 3.73. The van der Waals surface area contributed by atoms with Gasteiger partial charge < -0.3 is 4.90 Å². The Bertz CT molecular complexity index is 382. The smallest absolute Gasteiger partial charge is 0.222 e. The predicted octanol–water partition coefficient (Wildman–Crippen LogP) is 2.54. The molecule has 1 rings (SSSR count). The highest BCUT2D eigenvalue weighted by Crippen LogP contribution is 2.21. The molecule has 1 aromatic carbocycles. The number of carbonyl (C=O) groups excluding carboxylic acids is 1. The fourth-order valence-corrected chi connectivity index (χ4v) is 1.91. The van der Waals surface area contributed by atoms with Gasteiger partial charge in [-0.3, -0.25) is 4.79 Å². The average molecular weight is 245 g/mol. The van der Waals surface area contributed by atoms with Crippen molar-refractivity contribution in [2.24, 2.45) is 0 Å². The second-order valence-electron chi connectivity index (χ2n) is 3.46. The largest absolute Gasteiger partial charge is 0.349 e. The van der Waals surface area contributed by atoms with Crippen molar-refractivity contribution in [1.29, 1.82) is 0 Å². The highest BCUT2D eigenvalue weighted by atomic mass is 32.2. The molecule has 1 amide bonds. The summed E-state index contributed by atoms with van der Waals surface area (Å²) in [7, 11) is 3.37. The zero-order valence-electron chi connectivity index (χ0n) is 9.17. The summed E-state index contributed by atoms with van der Waals surface area (Å²) >= 11 is 1.33. The van der Waals surface area contributed by atoms with E-state index in [0.29, 0.717) is 17.1 Å². The number of rotatable bonds is 4. The minimum absolute atomic E-state index is 0.0232. The van der Waals surface area contributed by atoms with Gasteiger partial charge in [0.05, 0.1) is 0 Å². The van der Waals surface area contributed by atoms with E-state index in [0.717, 1.165) is 12.1 Å². The number of hydrogen-bond donors (Lipinski definition) is 0. The Hall–Kier alpha value is -1.10. The molecule has 0 fully saturated rings. The first-order chi connectivity index (χ1) is 7.50. The number of hydrogen-bond acceptors (Lipinski definition) is 2. The normalized spacial score (nSPS) is 10.2. The highest BCUT2D eigenvalue weighted by molar-refractivity contribution is 7.99. The summed E-state index contributed by atoms with van der Waals surface area (Å²) < 4.78 is 25.4. The molecule has 1 aromatic rings.